The number of rotatable bonds is 7. The van der Waals surface area contributed by atoms with E-state index in [0.29, 0.717) is 0 Å². The Labute approximate surface area is 184 Å². The van der Waals surface area contributed by atoms with Crippen molar-refractivity contribution >= 4 is 51.8 Å². The zero-order valence-electron chi connectivity index (χ0n) is 15.8. The van der Waals surface area contributed by atoms with Crippen LogP contribution in [-0.2, 0) is 13.2 Å². The molecule has 2 N–H and O–H groups in total. The van der Waals surface area contributed by atoms with Crippen LogP contribution in [0.1, 0.15) is 53.2 Å². The second-order valence-corrected chi connectivity index (χ2v) is 7.31. The zero-order chi connectivity index (χ0) is 22.0. The maximum Gasteiger partial charge on any atom is 0.435 e. The van der Waals surface area contributed by atoms with Crippen molar-refractivity contribution in [3.05, 3.63) is 46.2 Å². The van der Waals surface area contributed by atoms with Gasteiger partial charge in [-0.25, -0.2) is 0 Å². The third-order valence-corrected chi connectivity index (χ3v) is 5.56. The van der Waals surface area contributed by atoms with Gasteiger partial charge >= 0.3 is 6.18 Å². The van der Waals surface area contributed by atoms with Crippen molar-refractivity contribution in [3.63, 3.8) is 0 Å². The molecule has 0 radical (unpaired) electrons. The molecule has 1 amide bonds. The quantitative estimate of drug-likeness (QED) is 0.293. The Balaban J connectivity index is 2.55. The van der Waals surface area contributed by atoms with Crippen LogP contribution >= 0.6 is 34.5 Å². The van der Waals surface area contributed by atoms with E-state index in [0.717, 1.165) is 10.7 Å². The van der Waals surface area contributed by atoms with E-state index < -0.39 is 29.1 Å². The van der Waals surface area contributed by atoms with E-state index in [1.54, 1.807) is 48.8 Å². The molecule has 0 aliphatic heterocycles. The average molecular weight is 543 g/mol. The van der Waals surface area contributed by atoms with Gasteiger partial charge in [-0.05, 0) is 31.0 Å². The summed E-state index contributed by atoms with van der Waals surface area (Å²) in [5, 5.41) is 6.68. The molecule has 0 saturated carbocycles. The second kappa shape index (κ2) is 8.90. The molecule has 1 aromatic carbocycles. The highest BCUT2D eigenvalue weighted by Gasteiger charge is 2.41. The third kappa shape index (κ3) is 4.68. The average Bonchev–Trinajstić information content (AvgIpc) is 3.08. The number of amides is 1. The van der Waals surface area contributed by atoms with Gasteiger partial charge in [-0.3, -0.25) is 17.8 Å². The lowest BCUT2D eigenvalue weighted by atomic mass is 9.85. The second-order valence-electron chi connectivity index (χ2n) is 6.37. The first-order valence-electron chi connectivity index (χ1n) is 8.64. The lowest BCUT2D eigenvalue weighted by molar-refractivity contribution is -0.141. The molecular weight excluding hydrogens is 524 g/mol. The number of carbonyl (C=O) groups is 2. The Morgan fingerprint density at radius 1 is 1.24 bits per heavy atom. The highest BCUT2D eigenvalue weighted by atomic mass is 127. The number of hydrogen-bond donors (Lipinski definition) is 2. The van der Waals surface area contributed by atoms with E-state index in [4.69, 9.17) is 11.6 Å². The molecule has 6 nitrogen and oxygen atoms in total. The summed E-state index contributed by atoms with van der Waals surface area (Å²) >= 11 is 7.96. The minimum Gasteiger partial charge on any atom is -0.371 e. The molecular formula is C18H19ClF3IN4O2. The number of para-hydroxylation sites is 1. The highest BCUT2D eigenvalue weighted by Crippen LogP contribution is 2.35. The van der Waals surface area contributed by atoms with Crippen molar-refractivity contribution in [1.29, 1.82) is 0 Å². The largest absolute Gasteiger partial charge is 0.435 e. The number of nitrogens with one attached hydrogen (secondary N) is 2. The number of Topliss-reactive ketones (excluding diaryl/α,β-unsaturated/α-hetero) is 1. The van der Waals surface area contributed by atoms with Crippen LogP contribution in [0.15, 0.2) is 24.3 Å². The molecule has 2 aromatic rings. The van der Waals surface area contributed by atoms with E-state index in [1.807, 2.05) is 0 Å². The number of aryl methyl sites for hydroxylation is 1. The normalized spacial score (nSPS) is 12.0. The summed E-state index contributed by atoms with van der Waals surface area (Å²) in [5.74, 6) is -1.00. The smallest absolute Gasteiger partial charge is 0.371 e. The Hall–Kier alpha value is -1.82. The lowest BCUT2D eigenvalue weighted by Crippen LogP contribution is -2.46. The first-order valence-corrected chi connectivity index (χ1v) is 10.1. The van der Waals surface area contributed by atoms with Crippen LogP contribution in [0.25, 0.3) is 0 Å². The SMILES string of the molecule is CCC(CC)(Nc1c(Cl)cccc1C(=O)NI)C(=O)c1cc(C(F)(F)F)nn1C. The Morgan fingerprint density at radius 2 is 1.86 bits per heavy atom. The summed E-state index contributed by atoms with van der Waals surface area (Å²) in [5.41, 5.74) is -2.18. The predicted molar refractivity (Wildman–Crippen MR) is 112 cm³/mol. The van der Waals surface area contributed by atoms with E-state index in [-0.39, 0.29) is 34.8 Å². The van der Waals surface area contributed by atoms with E-state index >= 15 is 0 Å². The molecule has 0 unspecified atom stereocenters. The number of halogens is 5. The van der Waals surface area contributed by atoms with Gasteiger partial charge in [-0.15, -0.1) is 0 Å². The van der Waals surface area contributed by atoms with Crippen LogP contribution in [0.4, 0.5) is 18.9 Å². The van der Waals surface area contributed by atoms with Gasteiger partial charge in [0.05, 0.1) is 39.1 Å². The number of benzene rings is 1. The summed E-state index contributed by atoms with van der Waals surface area (Å²) < 4.78 is 42.4. The van der Waals surface area contributed by atoms with Gasteiger partial charge in [0.2, 0.25) is 5.78 Å². The number of carbonyl (C=O) groups excluding carboxylic acids is 2. The monoisotopic (exact) mass is 542 g/mol. The van der Waals surface area contributed by atoms with Gasteiger partial charge in [-0.2, -0.15) is 18.3 Å². The van der Waals surface area contributed by atoms with Crippen LogP contribution in [-0.4, -0.2) is 27.0 Å². The number of ketones is 1. The molecule has 0 bridgehead atoms. The standard InChI is InChI=1S/C18H19ClF3IN4O2/c1-4-17(5-2,15(28)12-9-13(18(20,21)22)26-27(12)3)24-14-10(16(29)25-23)7-6-8-11(14)19/h6-9,24H,4-5H2,1-3H3,(H,25,29). The maximum atomic E-state index is 13.3. The maximum absolute atomic E-state index is 13.3. The summed E-state index contributed by atoms with van der Waals surface area (Å²) in [6, 6.07) is 5.41. The summed E-state index contributed by atoms with van der Waals surface area (Å²) in [7, 11) is 1.28. The molecule has 0 fully saturated rings. The summed E-state index contributed by atoms with van der Waals surface area (Å²) in [4.78, 5) is 25.5. The molecule has 0 saturated heterocycles. The zero-order valence-corrected chi connectivity index (χ0v) is 18.7. The molecule has 0 atom stereocenters. The molecule has 0 spiro atoms. The van der Waals surface area contributed by atoms with E-state index in [1.165, 1.54) is 13.1 Å². The van der Waals surface area contributed by atoms with E-state index in [2.05, 4.69) is 13.9 Å². The minimum atomic E-state index is -4.67. The molecule has 2 rings (SSSR count). The topological polar surface area (TPSA) is 76.0 Å². The molecule has 0 aliphatic rings. The van der Waals surface area contributed by atoms with Crippen LogP contribution < -0.4 is 8.85 Å². The predicted octanol–water partition coefficient (Wildman–Crippen LogP) is 5.03. The third-order valence-electron chi connectivity index (χ3n) is 4.75. The first-order chi connectivity index (χ1) is 13.5. The van der Waals surface area contributed by atoms with Crippen LogP contribution in [0, 0.1) is 0 Å². The van der Waals surface area contributed by atoms with Crippen molar-refractivity contribution in [2.75, 3.05) is 5.32 Å². The van der Waals surface area contributed by atoms with Gasteiger partial charge in [-0.1, -0.05) is 31.5 Å². The van der Waals surface area contributed by atoms with Crippen molar-refractivity contribution in [1.82, 2.24) is 13.3 Å². The van der Waals surface area contributed by atoms with Crippen LogP contribution in [0.5, 0.6) is 0 Å². The minimum absolute atomic E-state index is 0.194. The van der Waals surface area contributed by atoms with Gasteiger partial charge in [0.1, 0.15) is 11.2 Å². The fraction of sp³-hybridized carbons (Fsp3) is 0.389. The summed E-state index contributed by atoms with van der Waals surface area (Å²) in [6.07, 6.45) is -4.18. The highest BCUT2D eigenvalue weighted by molar-refractivity contribution is 14.1. The van der Waals surface area contributed by atoms with Crippen molar-refractivity contribution in [2.24, 2.45) is 7.05 Å². The van der Waals surface area contributed by atoms with Crippen molar-refractivity contribution in [2.45, 2.75) is 38.4 Å². The fourth-order valence-electron chi connectivity index (χ4n) is 3.00. The van der Waals surface area contributed by atoms with Gasteiger partial charge < -0.3 is 5.32 Å². The van der Waals surface area contributed by atoms with Crippen LogP contribution in [0.3, 0.4) is 0 Å². The van der Waals surface area contributed by atoms with Gasteiger partial charge in [0.25, 0.3) is 5.91 Å². The molecule has 1 heterocycles. The molecule has 158 valence electrons. The molecule has 29 heavy (non-hydrogen) atoms. The van der Waals surface area contributed by atoms with Crippen LogP contribution in [0.2, 0.25) is 5.02 Å². The number of anilines is 1. The van der Waals surface area contributed by atoms with Gasteiger partial charge in [0, 0.05) is 7.05 Å². The Kier molecular flexibility index (Phi) is 7.20. The number of aromatic nitrogens is 2. The van der Waals surface area contributed by atoms with E-state index in [9.17, 15) is 22.8 Å². The fourth-order valence-corrected chi connectivity index (χ4v) is 3.51. The molecule has 11 heteroatoms. The Morgan fingerprint density at radius 3 is 2.34 bits per heavy atom. The van der Waals surface area contributed by atoms with Crippen molar-refractivity contribution in [3.8, 4) is 0 Å². The molecule has 1 aromatic heterocycles. The number of nitrogens with zero attached hydrogens (tertiary/aromatic N) is 2. The number of alkyl halides is 3. The number of hydrogen-bond acceptors (Lipinski definition) is 4. The van der Waals surface area contributed by atoms with Gasteiger partial charge in [0.15, 0.2) is 5.69 Å². The lowest BCUT2D eigenvalue weighted by Gasteiger charge is -2.33. The van der Waals surface area contributed by atoms with Crippen molar-refractivity contribution < 1.29 is 22.8 Å². The molecule has 0 aliphatic carbocycles. The summed E-state index contributed by atoms with van der Waals surface area (Å²) in [6.45, 7) is 3.45. The Bertz CT molecular complexity index is 926. The first kappa shape index (κ1) is 23.5.